The molecular weight excluding hydrogens is 398 g/mol. The zero-order chi connectivity index (χ0) is 19.1. The summed E-state index contributed by atoms with van der Waals surface area (Å²) in [7, 11) is 0. The molecule has 0 unspecified atom stereocenters. The van der Waals surface area contributed by atoms with Crippen molar-refractivity contribution >= 4 is 58.0 Å². The summed E-state index contributed by atoms with van der Waals surface area (Å²) in [4.78, 5) is 13.7. The summed E-state index contributed by atoms with van der Waals surface area (Å²) in [5.41, 5.74) is 3.03. The van der Waals surface area contributed by atoms with Gasteiger partial charge in [-0.2, -0.15) is 11.8 Å². The number of halogens is 1. The van der Waals surface area contributed by atoms with Gasteiger partial charge < -0.3 is 15.5 Å². The lowest BCUT2D eigenvalue weighted by atomic mass is 10.2. The van der Waals surface area contributed by atoms with E-state index in [2.05, 4.69) is 16.7 Å². The van der Waals surface area contributed by atoms with Crippen molar-refractivity contribution in [1.29, 1.82) is 0 Å². The van der Waals surface area contributed by atoms with Crippen molar-refractivity contribution in [2.75, 3.05) is 29.1 Å². The summed E-state index contributed by atoms with van der Waals surface area (Å²) in [6, 6.07) is 15.7. The van der Waals surface area contributed by atoms with Gasteiger partial charge in [-0.05, 0) is 54.5 Å². The predicted octanol–water partition coefficient (Wildman–Crippen LogP) is 4.69. The molecule has 1 saturated heterocycles. The van der Waals surface area contributed by atoms with Crippen LogP contribution in [0.2, 0.25) is 5.02 Å². The number of benzene rings is 2. The van der Waals surface area contributed by atoms with Crippen LogP contribution in [0.1, 0.15) is 18.4 Å². The SMILES string of the molecule is O=C1CCCN1c1cccc(NC(=S)NCCSCc2cccc(Cl)c2)c1. The van der Waals surface area contributed by atoms with Gasteiger partial charge in [-0.3, -0.25) is 4.79 Å². The van der Waals surface area contributed by atoms with E-state index in [1.54, 1.807) is 0 Å². The van der Waals surface area contributed by atoms with Gasteiger partial charge in [0.15, 0.2) is 5.11 Å². The molecule has 1 heterocycles. The first-order valence-corrected chi connectivity index (χ1v) is 10.8. The number of thiocarbonyl (C=S) groups is 1. The van der Waals surface area contributed by atoms with Gasteiger partial charge in [0.25, 0.3) is 0 Å². The van der Waals surface area contributed by atoms with Crippen LogP contribution >= 0.6 is 35.6 Å². The molecule has 0 spiro atoms. The van der Waals surface area contributed by atoms with Crippen molar-refractivity contribution in [3.63, 3.8) is 0 Å². The number of hydrogen-bond donors (Lipinski definition) is 2. The molecule has 1 aliphatic rings. The normalized spacial score (nSPS) is 13.7. The van der Waals surface area contributed by atoms with E-state index in [9.17, 15) is 4.79 Å². The maximum atomic E-state index is 11.9. The van der Waals surface area contributed by atoms with Gasteiger partial charge in [-0.1, -0.05) is 29.8 Å². The fourth-order valence-electron chi connectivity index (χ4n) is 2.90. The van der Waals surface area contributed by atoms with Crippen LogP contribution in [-0.2, 0) is 10.5 Å². The standard InChI is InChI=1S/C20H22ClN3OS2/c21-16-5-1-4-15(12-16)14-27-11-9-22-20(26)23-17-6-2-7-18(13-17)24-10-3-8-19(24)25/h1-2,4-7,12-13H,3,8-11,14H2,(H2,22,23,26). The van der Waals surface area contributed by atoms with Crippen molar-refractivity contribution in [2.45, 2.75) is 18.6 Å². The second kappa shape index (κ2) is 9.97. The molecule has 4 nitrogen and oxygen atoms in total. The van der Waals surface area contributed by atoms with Gasteiger partial charge in [-0.15, -0.1) is 0 Å². The molecule has 1 aliphatic heterocycles. The van der Waals surface area contributed by atoms with Gasteiger partial charge in [0, 0.05) is 47.4 Å². The average molecular weight is 420 g/mol. The molecule has 0 aromatic heterocycles. The smallest absolute Gasteiger partial charge is 0.227 e. The number of thioether (sulfide) groups is 1. The maximum absolute atomic E-state index is 11.9. The number of anilines is 2. The summed E-state index contributed by atoms with van der Waals surface area (Å²) in [5.74, 6) is 2.05. The molecule has 0 bridgehead atoms. The Balaban J connectivity index is 1.40. The summed E-state index contributed by atoms with van der Waals surface area (Å²) >= 11 is 13.2. The minimum atomic E-state index is 0.185. The van der Waals surface area contributed by atoms with E-state index in [1.807, 2.05) is 59.1 Å². The zero-order valence-electron chi connectivity index (χ0n) is 14.9. The van der Waals surface area contributed by atoms with Crippen molar-refractivity contribution in [3.05, 3.63) is 59.1 Å². The number of nitrogens with zero attached hydrogens (tertiary/aromatic N) is 1. The molecule has 1 amide bonds. The molecule has 7 heteroatoms. The number of carbonyl (C=O) groups excluding carboxylic acids is 1. The highest BCUT2D eigenvalue weighted by Gasteiger charge is 2.21. The van der Waals surface area contributed by atoms with Gasteiger partial charge in [-0.25, -0.2) is 0 Å². The number of carbonyl (C=O) groups is 1. The van der Waals surface area contributed by atoms with Crippen LogP contribution in [0, 0.1) is 0 Å². The third kappa shape index (κ3) is 6.13. The van der Waals surface area contributed by atoms with Crippen molar-refractivity contribution in [1.82, 2.24) is 5.32 Å². The van der Waals surface area contributed by atoms with E-state index < -0.39 is 0 Å². The molecule has 27 heavy (non-hydrogen) atoms. The molecule has 142 valence electrons. The van der Waals surface area contributed by atoms with Crippen molar-refractivity contribution in [2.24, 2.45) is 0 Å². The van der Waals surface area contributed by atoms with Crippen LogP contribution in [-0.4, -0.2) is 29.9 Å². The Bertz CT molecular complexity index is 815. The minimum absolute atomic E-state index is 0.185. The van der Waals surface area contributed by atoms with E-state index in [0.717, 1.165) is 47.4 Å². The number of rotatable bonds is 7. The Hall–Kier alpha value is -1.76. The molecule has 0 saturated carbocycles. The molecule has 0 atom stereocenters. The molecule has 2 aromatic rings. The topological polar surface area (TPSA) is 44.4 Å². The number of hydrogen-bond acceptors (Lipinski definition) is 3. The molecule has 0 aliphatic carbocycles. The molecule has 2 aromatic carbocycles. The maximum Gasteiger partial charge on any atom is 0.227 e. The quantitative estimate of drug-likeness (QED) is 0.503. The summed E-state index contributed by atoms with van der Waals surface area (Å²) in [6.45, 7) is 1.57. The Morgan fingerprint density at radius 2 is 2.07 bits per heavy atom. The van der Waals surface area contributed by atoms with E-state index in [4.69, 9.17) is 23.8 Å². The van der Waals surface area contributed by atoms with Gasteiger partial charge in [0.2, 0.25) is 5.91 Å². The van der Waals surface area contributed by atoms with Crippen LogP contribution in [0.5, 0.6) is 0 Å². The first-order chi connectivity index (χ1) is 13.1. The van der Waals surface area contributed by atoms with Crippen molar-refractivity contribution in [3.8, 4) is 0 Å². The lowest BCUT2D eigenvalue weighted by molar-refractivity contribution is -0.117. The molecule has 2 N–H and O–H groups in total. The highest BCUT2D eigenvalue weighted by Crippen LogP contribution is 2.24. The molecule has 1 fully saturated rings. The van der Waals surface area contributed by atoms with Crippen LogP contribution < -0.4 is 15.5 Å². The molecule has 0 radical (unpaired) electrons. The highest BCUT2D eigenvalue weighted by atomic mass is 35.5. The summed E-state index contributed by atoms with van der Waals surface area (Å²) in [5, 5.41) is 7.77. The fourth-order valence-corrected chi connectivity index (χ4v) is 4.14. The molecular formula is C20H22ClN3OS2. The van der Waals surface area contributed by atoms with Gasteiger partial charge in [0.05, 0.1) is 0 Å². The fraction of sp³-hybridized carbons (Fsp3) is 0.300. The number of amides is 1. The summed E-state index contributed by atoms with van der Waals surface area (Å²) in [6.07, 6.45) is 1.55. The zero-order valence-corrected chi connectivity index (χ0v) is 17.3. The van der Waals surface area contributed by atoms with E-state index in [0.29, 0.717) is 11.5 Å². The van der Waals surface area contributed by atoms with Gasteiger partial charge >= 0.3 is 0 Å². The average Bonchev–Trinajstić information content (AvgIpc) is 3.08. The summed E-state index contributed by atoms with van der Waals surface area (Å²) < 4.78 is 0. The van der Waals surface area contributed by atoms with Crippen molar-refractivity contribution < 1.29 is 4.79 Å². The lowest BCUT2D eigenvalue weighted by Gasteiger charge is -2.17. The largest absolute Gasteiger partial charge is 0.362 e. The Labute approximate surface area is 174 Å². The van der Waals surface area contributed by atoms with Crippen LogP contribution in [0.3, 0.4) is 0 Å². The molecule has 3 rings (SSSR count). The lowest BCUT2D eigenvalue weighted by Crippen LogP contribution is -2.30. The second-order valence-electron chi connectivity index (χ2n) is 6.26. The first-order valence-electron chi connectivity index (χ1n) is 8.89. The Kier molecular flexibility index (Phi) is 7.38. The monoisotopic (exact) mass is 419 g/mol. The van der Waals surface area contributed by atoms with Crippen LogP contribution in [0.15, 0.2) is 48.5 Å². The van der Waals surface area contributed by atoms with E-state index >= 15 is 0 Å². The Morgan fingerprint density at radius 3 is 2.85 bits per heavy atom. The van der Waals surface area contributed by atoms with Crippen LogP contribution in [0.25, 0.3) is 0 Å². The second-order valence-corrected chi connectivity index (χ2v) is 8.21. The van der Waals surface area contributed by atoms with Gasteiger partial charge in [0.1, 0.15) is 0 Å². The third-order valence-corrected chi connectivity index (χ3v) is 5.69. The first kappa shape index (κ1) is 20.0. The predicted molar refractivity (Wildman–Crippen MR) is 120 cm³/mol. The van der Waals surface area contributed by atoms with Crippen LogP contribution in [0.4, 0.5) is 11.4 Å². The third-order valence-electron chi connectivity index (χ3n) is 4.18. The number of nitrogens with one attached hydrogen (secondary N) is 2. The minimum Gasteiger partial charge on any atom is -0.362 e. The van der Waals surface area contributed by atoms with E-state index in [-0.39, 0.29) is 5.91 Å². The highest BCUT2D eigenvalue weighted by molar-refractivity contribution is 7.98. The van der Waals surface area contributed by atoms with E-state index in [1.165, 1.54) is 5.56 Å². The Morgan fingerprint density at radius 1 is 1.22 bits per heavy atom.